The maximum Gasteiger partial charge on any atom is 0.275 e. The Morgan fingerprint density at radius 3 is 2.51 bits per heavy atom. The number of benzene rings is 2. The molecule has 1 aliphatic heterocycles. The summed E-state index contributed by atoms with van der Waals surface area (Å²) in [6.45, 7) is 13.6. The molecular weight excluding hydrogens is 528 g/mol. The molecule has 0 spiro atoms. The lowest BCUT2D eigenvalue weighted by atomic mass is 9.92. The number of aryl methyl sites for hydroxylation is 2. The maximum absolute atomic E-state index is 13.9. The van der Waals surface area contributed by atoms with Crippen LogP contribution in [0.5, 0.6) is 5.75 Å². The van der Waals surface area contributed by atoms with E-state index in [1.54, 1.807) is 6.92 Å². The van der Waals surface area contributed by atoms with Crippen molar-refractivity contribution in [3.63, 3.8) is 0 Å². The van der Waals surface area contributed by atoms with Gasteiger partial charge in [-0.1, -0.05) is 44.2 Å². The second kappa shape index (κ2) is 12.8. The Labute approximate surface area is 238 Å². The van der Waals surface area contributed by atoms with Crippen LogP contribution in [0, 0.1) is 19.8 Å². The molecule has 1 aliphatic rings. The Bertz CT molecular complexity index is 1340. The van der Waals surface area contributed by atoms with Gasteiger partial charge in [-0.15, -0.1) is 11.3 Å². The van der Waals surface area contributed by atoms with E-state index in [2.05, 4.69) is 39.9 Å². The first-order chi connectivity index (χ1) is 18.6. The van der Waals surface area contributed by atoms with Crippen molar-refractivity contribution in [1.82, 2.24) is 15.6 Å². The molecule has 39 heavy (non-hydrogen) atoms. The molecule has 3 aromatic rings. The zero-order chi connectivity index (χ0) is 28.2. The molecule has 1 aromatic heterocycles. The van der Waals surface area contributed by atoms with E-state index >= 15 is 0 Å². The molecule has 4 rings (SSSR count). The summed E-state index contributed by atoms with van der Waals surface area (Å²) in [4.78, 5) is 4.39. The number of piperidine rings is 1. The van der Waals surface area contributed by atoms with Crippen LogP contribution >= 0.6 is 11.3 Å². The summed E-state index contributed by atoms with van der Waals surface area (Å²) in [6, 6.07) is 16.7. The normalized spacial score (nSPS) is 18.1. The smallest absolute Gasteiger partial charge is 0.275 e. The first-order valence-corrected chi connectivity index (χ1v) is 16.1. The van der Waals surface area contributed by atoms with Crippen LogP contribution < -0.4 is 19.7 Å². The number of hydrogen-bond acceptors (Lipinski definition) is 7. The molecule has 0 unspecified atom stereocenters. The van der Waals surface area contributed by atoms with Crippen LogP contribution in [-0.4, -0.2) is 38.6 Å². The Hall–Kier alpha value is -2.46. The van der Waals surface area contributed by atoms with E-state index in [1.165, 1.54) is 21.2 Å². The van der Waals surface area contributed by atoms with Gasteiger partial charge in [0.15, 0.2) is 4.21 Å². The van der Waals surface area contributed by atoms with Crippen LogP contribution in [0.25, 0.3) is 0 Å². The highest BCUT2D eigenvalue weighted by Gasteiger charge is 2.31. The lowest BCUT2D eigenvalue weighted by molar-refractivity contribution is 0.238. The van der Waals surface area contributed by atoms with Crippen LogP contribution in [-0.2, 0) is 16.6 Å². The molecule has 0 aliphatic carbocycles. The van der Waals surface area contributed by atoms with Gasteiger partial charge in [0.25, 0.3) is 10.0 Å². The number of aromatic nitrogens is 1. The van der Waals surface area contributed by atoms with Crippen molar-refractivity contribution in [2.24, 2.45) is 5.92 Å². The van der Waals surface area contributed by atoms with Crippen molar-refractivity contribution in [2.45, 2.75) is 83.3 Å². The summed E-state index contributed by atoms with van der Waals surface area (Å²) in [6.07, 6.45) is 2.16. The predicted octanol–water partition coefficient (Wildman–Crippen LogP) is 5.98. The standard InChI is InChI=1S/C30H42N4O3S2/c1-20(2)19-34(39(35,36)30-22(5)33-23(6)38-30)26-14-15-28(37-21(3)4)25(17-26)18-32-27-13-10-16-31-29(27)24-11-8-7-9-12-24/h7-9,11-12,14-15,17,20-21,27,29,31-32H,10,13,16,18-19H2,1-6H3/t27-,29-/m0/s1. The molecule has 212 valence electrons. The minimum Gasteiger partial charge on any atom is -0.491 e. The SMILES string of the molecule is Cc1nc(C)c(S(=O)(=O)N(CC(C)C)c2ccc(OC(C)C)c(CN[C@H]3CCCN[C@H]3c3ccccc3)c2)s1. The monoisotopic (exact) mass is 570 g/mol. The predicted molar refractivity (Wildman–Crippen MR) is 160 cm³/mol. The number of sulfonamides is 1. The molecule has 2 N–H and O–H groups in total. The van der Waals surface area contributed by atoms with Gasteiger partial charge < -0.3 is 15.4 Å². The number of rotatable bonds is 11. The third-order valence-electron chi connectivity index (χ3n) is 6.78. The molecule has 0 amide bonds. The summed E-state index contributed by atoms with van der Waals surface area (Å²) >= 11 is 1.23. The Balaban J connectivity index is 1.67. The second-order valence-corrected chi connectivity index (χ2v) is 14.2. The summed E-state index contributed by atoms with van der Waals surface area (Å²) in [5.41, 5.74) is 3.40. The molecule has 2 atom stereocenters. The summed E-state index contributed by atoms with van der Waals surface area (Å²) < 4.78 is 35.9. The second-order valence-electron chi connectivity index (χ2n) is 11.0. The maximum atomic E-state index is 13.9. The molecule has 0 saturated carbocycles. The largest absolute Gasteiger partial charge is 0.491 e. The van der Waals surface area contributed by atoms with E-state index in [0.29, 0.717) is 28.7 Å². The summed E-state index contributed by atoms with van der Waals surface area (Å²) in [7, 11) is -3.77. The summed E-state index contributed by atoms with van der Waals surface area (Å²) in [5.74, 6) is 0.912. The number of hydrogen-bond donors (Lipinski definition) is 2. The van der Waals surface area contributed by atoms with Crippen LogP contribution in [0.2, 0.25) is 0 Å². The number of ether oxygens (including phenoxy) is 1. The highest BCUT2D eigenvalue weighted by atomic mass is 32.2. The van der Waals surface area contributed by atoms with Gasteiger partial charge in [0, 0.05) is 30.7 Å². The Kier molecular flexibility index (Phi) is 9.69. The lowest BCUT2D eigenvalue weighted by Gasteiger charge is -2.34. The zero-order valence-electron chi connectivity index (χ0n) is 23.9. The number of nitrogens with zero attached hydrogens (tertiary/aromatic N) is 2. The van der Waals surface area contributed by atoms with Crippen LogP contribution in [0.4, 0.5) is 5.69 Å². The fourth-order valence-electron chi connectivity index (χ4n) is 5.11. The van der Waals surface area contributed by atoms with Gasteiger partial charge in [0.1, 0.15) is 5.75 Å². The molecule has 0 radical (unpaired) electrons. The molecule has 2 aromatic carbocycles. The van der Waals surface area contributed by atoms with Gasteiger partial charge in [-0.25, -0.2) is 13.4 Å². The van der Waals surface area contributed by atoms with E-state index in [0.717, 1.165) is 35.7 Å². The topological polar surface area (TPSA) is 83.6 Å². The molecule has 1 saturated heterocycles. The zero-order valence-corrected chi connectivity index (χ0v) is 25.5. The van der Waals surface area contributed by atoms with Gasteiger partial charge >= 0.3 is 0 Å². The summed E-state index contributed by atoms with van der Waals surface area (Å²) in [5, 5.41) is 8.20. The molecule has 9 heteroatoms. The molecular formula is C30H42N4O3S2. The quantitative estimate of drug-likeness (QED) is 0.295. The highest BCUT2D eigenvalue weighted by Crippen LogP contribution is 2.34. The average molecular weight is 571 g/mol. The molecule has 0 bridgehead atoms. The Morgan fingerprint density at radius 1 is 1.13 bits per heavy atom. The van der Waals surface area contributed by atoms with E-state index < -0.39 is 10.0 Å². The van der Waals surface area contributed by atoms with Gasteiger partial charge in [-0.3, -0.25) is 4.31 Å². The molecule has 1 fully saturated rings. The van der Waals surface area contributed by atoms with Crippen LogP contribution in [0.1, 0.15) is 68.4 Å². The first-order valence-electron chi connectivity index (χ1n) is 13.8. The van der Waals surface area contributed by atoms with Gasteiger partial charge in [-0.2, -0.15) is 0 Å². The van der Waals surface area contributed by atoms with Crippen molar-refractivity contribution >= 4 is 27.0 Å². The number of anilines is 1. The van der Waals surface area contributed by atoms with Crippen molar-refractivity contribution in [3.8, 4) is 5.75 Å². The third-order valence-corrected chi connectivity index (χ3v) is 10.2. The molecule has 7 nitrogen and oxygen atoms in total. The van der Waals surface area contributed by atoms with E-state index in [9.17, 15) is 8.42 Å². The van der Waals surface area contributed by atoms with Gasteiger partial charge in [-0.05, 0) is 76.8 Å². The van der Waals surface area contributed by atoms with Crippen molar-refractivity contribution in [1.29, 1.82) is 0 Å². The van der Waals surface area contributed by atoms with Crippen molar-refractivity contribution in [2.75, 3.05) is 17.4 Å². The van der Waals surface area contributed by atoms with Crippen LogP contribution in [0.15, 0.2) is 52.7 Å². The minimum atomic E-state index is -3.77. The van der Waals surface area contributed by atoms with Crippen molar-refractivity contribution < 1.29 is 13.2 Å². The van der Waals surface area contributed by atoms with E-state index in [4.69, 9.17) is 4.74 Å². The van der Waals surface area contributed by atoms with E-state index in [1.807, 2.05) is 58.9 Å². The molecule has 2 heterocycles. The Morgan fingerprint density at radius 2 is 1.87 bits per heavy atom. The van der Waals surface area contributed by atoms with Crippen LogP contribution in [0.3, 0.4) is 0 Å². The fourth-order valence-corrected chi connectivity index (χ4v) is 8.32. The van der Waals surface area contributed by atoms with Gasteiger partial charge in [0.05, 0.1) is 22.5 Å². The average Bonchev–Trinajstić information content (AvgIpc) is 3.25. The van der Waals surface area contributed by atoms with E-state index in [-0.39, 0.29) is 24.1 Å². The first kappa shape index (κ1) is 29.5. The van der Waals surface area contributed by atoms with Gasteiger partial charge in [0.2, 0.25) is 0 Å². The highest BCUT2D eigenvalue weighted by molar-refractivity contribution is 7.94. The van der Waals surface area contributed by atoms with Crippen molar-refractivity contribution in [3.05, 3.63) is 70.4 Å². The fraction of sp³-hybridized carbons (Fsp3) is 0.500. The lowest BCUT2D eigenvalue weighted by Crippen LogP contribution is -2.45. The number of nitrogens with one attached hydrogen (secondary N) is 2. The minimum absolute atomic E-state index is 0.00123. The third kappa shape index (κ3) is 7.20. The number of thiazole rings is 1.